The van der Waals surface area contributed by atoms with Gasteiger partial charge in [0.2, 0.25) is 0 Å². The molecule has 1 aromatic rings. The topological polar surface area (TPSA) is 117 Å². The first kappa shape index (κ1) is 11.6. The van der Waals surface area contributed by atoms with Crippen LogP contribution in [0.25, 0.3) is 5.53 Å². The van der Waals surface area contributed by atoms with Crippen molar-refractivity contribution in [3.63, 3.8) is 0 Å². The summed E-state index contributed by atoms with van der Waals surface area (Å²) in [6.07, 6.45) is 0.354. The smallest absolute Gasteiger partial charge is 0.279 e. The van der Waals surface area contributed by atoms with E-state index in [1.165, 1.54) is 24.3 Å². The Hall–Kier alpha value is -2.46. The molecule has 0 saturated heterocycles. The van der Waals surface area contributed by atoms with E-state index < -0.39 is 17.4 Å². The van der Waals surface area contributed by atoms with Crippen LogP contribution in [0.5, 0.6) is 0 Å². The predicted octanol–water partition coefficient (Wildman–Crippen LogP) is -2.28. The van der Waals surface area contributed by atoms with Crippen LogP contribution in [-0.4, -0.2) is 22.9 Å². The molecule has 16 heavy (non-hydrogen) atoms. The van der Waals surface area contributed by atoms with E-state index in [2.05, 4.69) is 4.79 Å². The van der Waals surface area contributed by atoms with Crippen LogP contribution in [0, 0.1) is 0 Å². The van der Waals surface area contributed by atoms with Gasteiger partial charge in [-0.05, 0) is 5.56 Å². The molecule has 0 N–H and O–H groups in total. The summed E-state index contributed by atoms with van der Waals surface area (Å²) in [5.74, 6) is -3.87. The quantitative estimate of drug-likeness (QED) is 0.245. The Labute approximate surface area is 90.4 Å². The summed E-state index contributed by atoms with van der Waals surface area (Å²) >= 11 is 0. The highest BCUT2D eigenvalue weighted by atomic mass is 16.4. The molecule has 6 heteroatoms. The first-order valence-electron chi connectivity index (χ1n) is 4.22. The van der Waals surface area contributed by atoms with Crippen molar-refractivity contribution in [1.29, 1.82) is 0 Å². The van der Waals surface area contributed by atoms with Gasteiger partial charge in [0.05, 0.1) is 11.9 Å². The molecule has 0 amide bonds. The average Bonchev–Trinajstić information content (AvgIpc) is 2.26. The molecule has 0 aromatic heterocycles. The molecule has 0 aliphatic heterocycles. The van der Waals surface area contributed by atoms with E-state index in [-0.39, 0.29) is 5.56 Å². The van der Waals surface area contributed by atoms with Crippen molar-refractivity contribution >= 4 is 18.2 Å². The standard InChI is InChI=1S/C10H8N2O4/c11-12-6-10(8(13)14,9(15)16)7-4-2-1-3-5-7/h1-6H,(H,13,14)(H,15,16)/p-2. The predicted molar refractivity (Wildman–Crippen MR) is 47.8 cm³/mol. The Bertz CT molecular complexity index is 443. The summed E-state index contributed by atoms with van der Waals surface area (Å²) in [5, 5.41) is 21.8. The second-order valence-corrected chi connectivity index (χ2v) is 2.99. The molecule has 0 atom stereocenters. The van der Waals surface area contributed by atoms with E-state index >= 15 is 0 Å². The van der Waals surface area contributed by atoms with Crippen LogP contribution < -0.4 is 10.2 Å². The van der Waals surface area contributed by atoms with Gasteiger partial charge in [0.15, 0.2) is 5.41 Å². The fourth-order valence-corrected chi connectivity index (χ4v) is 1.29. The van der Waals surface area contributed by atoms with Gasteiger partial charge in [-0.25, -0.2) is 0 Å². The van der Waals surface area contributed by atoms with Crippen LogP contribution in [0.4, 0.5) is 0 Å². The second-order valence-electron chi connectivity index (χ2n) is 2.99. The van der Waals surface area contributed by atoms with Crippen LogP contribution in [0.2, 0.25) is 0 Å². The number of benzene rings is 1. The van der Waals surface area contributed by atoms with Gasteiger partial charge >= 0.3 is 0 Å². The molecule has 0 heterocycles. The molecule has 0 bridgehead atoms. The molecule has 1 aromatic carbocycles. The summed E-state index contributed by atoms with van der Waals surface area (Å²) in [4.78, 5) is 24.3. The molecule has 0 radical (unpaired) electrons. The number of nitrogens with zero attached hydrogens (tertiary/aromatic N) is 2. The molecular weight excluding hydrogens is 212 g/mol. The van der Waals surface area contributed by atoms with E-state index in [0.717, 1.165) is 0 Å². The van der Waals surface area contributed by atoms with Gasteiger partial charge in [0.25, 0.3) is 6.21 Å². The summed E-state index contributed by atoms with van der Waals surface area (Å²) in [6, 6.07) is 6.98. The minimum atomic E-state index is -2.59. The minimum absolute atomic E-state index is 0.118. The number of carbonyl (C=O) groups excluding carboxylic acids is 2. The van der Waals surface area contributed by atoms with Gasteiger partial charge in [0.1, 0.15) is 0 Å². The number of aliphatic carboxylic acids is 2. The van der Waals surface area contributed by atoms with Crippen LogP contribution in [0.15, 0.2) is 30.3 Å². The highest BCUT2D eigenvalue weighted by Gasteiger charge is 2.38. The molecule has 0 fully saturated rings. The molecular formula is C10H6N2O4-2. The van der Waals surface area contributed by atoms with Crippen molar-refractivity contribution in [3.8, 4) is 0 Å². The van der Waals surface area contributed by atoms with Gasteiger partial charge in [-0.15, -0.1) is 0 Å². The van der Waals surface area contributed by atoms with Crippen molar-refractivity contribution in [2.24, 2.45) is 0 Å². The lowest BCUT2D eigenvalue weighted by atomic mass is 9.82. The molecule has 0 saturated carbocycles. The van der Waals surface area contributed by atoms with Crippen molar-refractivity contribution in [3.05, 3.63) is 41.4 Å². The molecule has 0 aliphatic carbocycles. The van der Waals surface area contributed by atoms with Crippen molar-refractivity contribution in [2.75, 3.05) is 0 Å². The van der Waals surface area contributed by atoms with Crippen LogP contribution >= 0.6 is 0 Å². The molecule has 1 rings (SSSR count). The molecule has 0 spiro atoms. The van der Waals surface area contributed by atoms with Crippen molar-refractivity contribution in [1.82, 2.24) is 0 Å². The zero-order chi connectivity index (χ0) is 12.2. The zero-order valence-corrected chi connectivity index (χ0v) is 7.99. The lowest BCUT2D eigenvalue weighted by molar-refractivity contribution is -0.331. The first-order valence-corrected chi connectivity index (χ1v) is 4.22. The van der Waals surface area contributed by atoms with Gasteiger partial charge in [-0.3, -0.25) is 0 Å². The Morgan fingerprint density at radius 1 is 1.19 bits per heavy atom. The Morgan fingerprint density at radius 3 is 2.06 bits per heavy atom. The Kier molecular flexibility index (Phi) is 3.17. The monoisotopic (exact) mass is 218 g/mol. The van der Waals surface area contributed by atoms with E-state index in [9.17, 15) is 19.8 Å². The van der Waals surface area contributed by atoms with E-state index in [1.807, 2.05) is 0 Å². The van der Waals surface area contributed by atoms with Crippen molar-refractivity contribution in [2.45, 2.75) is 5.41 Å². The number of carboxylic acid groups (broad SMARTS) is 2. The molecule has 0 unspecified atom stereocenters. The lowest BCUT2D eigenvalue weighted by Crippen LogP contribution is -2.58. The third-order valence-electron chi connectivity index (χ3n) is 2.12. The van der Waals surface area contributed by atoms with Gasteiger partial charge in [0, 0.05) is 0 Å². The first-order chi connectivity index (χ1) is 7.55. The van der Waals surface area contributed by atoms with Gasteiger partial charge < -0.3 is 25.3 Å². The van der Waals surface area contributed by atoms with Gasteiger partial charge in [-0.2, -0.15) is 4.79 Å². The summed E-state index contributed by atoms with van der Waals surface area (Å²) in [5.41, 5.74) is 5.64. The van der Waals surface area contributed by atoms with Crippen LogP contribution in [0.3, 0.4) is 0 Å². The number of carboxylic acids is 2. The third-order valence-corrected chi connectivity index (χ3v) is 2.12. The average molecular weight is 218 g/mol. The molecule has 82 valence electrons. The van der Waals surface area contributed by atoms with E-state index in [0.29, 0.717) is 6.21 Å². The SMILES string of the molecule is [N-]=[N+]=CC(C(=O)[O-])(C(=O)[O-])c1ccccc1. The van der Waals surface area contributed by atoms with Crippen LogP contribution in [-0.2, 0) is 15.0 Å². The van der Waals surface area contributed by atoms with Gasteiger partial charge in [-0.1, -0.05) is 30.3 Å². The fourth-order valence-electron chi connectivity index (χ4n) is 1.29. The summed E-state index contributed by atoms with van der Waals surface area (Å²) in [7, 11) is 0. The fraction of sp³-hybridized carbons (Fsp3) is 0.100. The minimum Gasteiger partial charge on any atom is -0.548 e. The maximum Gasteiger partial charge on any atom is 0.279 e. The number of hydrogen-bond donors (Lipinski definition) is 0. The third kappa shape index (κ3) is 1.69. The second kappa shape index (κ2) is 4.37. The van der Waals surface area contributed by atoms with E-state index in [1.54, 1.807) is 6.07 Å². The maximum absolute atomic E-state index is 10.9. The Balaban J connectivity index is 3.51. The normalized spacial score (nSPS) is 10.2. The largest absolute Gasteiger partial charge is 0.548 e. The summed E-state index contributed by atoms with van der Waals surface area (Å²) in [6.45, 7) is 0. The number of rotatable bonds is 4. The lowest BCUT2D eigenvalue weighted by Gasteiger charge is -2.28. The van der Waals surface area contributed by atoms with E-state index in [4.69, 9.17) is 5.53 Å². The summed E-state index contributed by atoms with van der Waals surface area (Å²) < 4.78 is 0. The molecule has 6 nitrogen and oxygen atoms in total. The van der Waals surface area contributed by atoms with Crippen LogP contribution in [0.1, 0.15) is 5.56 Å². The zero-order valence-electron chi connectivity index (χ0n) is 7.99. The number of hydrogen-bond acceptors (Lipinski definition) is 4. The maximum atomic E-state index is 10.9. The number of carbonyl (C=O) groups is 2. The Morgan fingerprint density at radius 2 is 1.69 bits per heavy atom. The highest BCUT2D eigenvalue weighted by molar-refractivity contribution is 6.17. The molecule has 0 aliphatic rings. The highest BCUT2D eigenvalue weighted by Crippen LogP contribution is 2.20. The van der Waals surface area contributed by atoms with Crippen molar-refractivity contribution < 1.29 is 24.6 Å².